The molecule has 0 aliphatic heterocycles. The third-order valence-corrected chi connectivity index (χ3v) is 6.49. The maximum atomic E-state index is 13.2. The van der Waals surface area contributed by atoms with E-state index in [0.717, 1.165) is 4.88 Å². The summed E-state index contributed by atoms with van der Waals surface area (Å²) in [6, 6.07) is 9.38. The van der Waals surface area contributed by atoms with Gasteiger partial charge in [-0.05, 0) is 29.8 Å². The molecule has 0 aliphatic carbocycles. The second-order valence-corrected chi connectivity index (χ2v) is 8.64. The van der Waals surface area contributed by atoms with E-state index in [2.05, 4.69) is 10.3 Å². The maximum Gasteiger partial charge on any atom is 0.263 e. The first-order valence-corrected chi connectivity index (χ1v) is 10.7. The highest BCUT2D eigenvalue weighted by Gasteiger charge is 2.16. The number of amides is 1. The summed E-state index contributed by atoms with van der Waals surface area (Å²) in [6.07, 6.45) is 1.37. The van der Waals surface area contributed by atoms with E-state index in [-0.39, 0.29) is 29.6 Å². The van der Waals surface area contributed by atoms with Crippen molar-refractivity contribution in [3.63, 3.8) is 0 Å². The Morgan fingerprint density at radius 1 is 1.17 bits per heavy atom. The summed E-state index contributed by atoms with van der Waals surface area (Å²) in [6.45, 7) is 1.65. The number of nitrogens with zero attached hydrogens (tertiary/aromatic N) is 2. The van der Waals surface area contributed by atoms with Crippen LogP contribution in [0.1, 0.15) is 21.5 Å². The van der Waals surface area contributed by atoms with Crippen molar-refractivity contribution in [3.8, 4) is 11.1 Å². The van der Waals surface area contributed by atoms with Gasteiger partial charge in [-0.2, -0.15) is 0 Å². The zero-order valence-electron chi connectivity index (χ0n) is 15.8. The van der Waals surface area contributed by atoms with Crippen LogP contribution in [0.15, 0.2) is 52.9 Å². The van der Waals surface area contributed by atoms with Crippen molar-refractivity contribution >= 4 is 44.6 Å². The van der Waals surface area contributed by atoms with Gasteiger partial charge in [0, 0.05) is 22.7 Å². The minimum Gasteiger partial charge on any atom is -0.351 e. The van der Waals surface area contributed by atoms with Gasteiger partial charge in [0.05, 0.1) is 29.7 Å². The first-order chi connectivity index (χ1) is 14.4. The van der Waals surface area contributed by atoms with Crippen molar-refractivity contribution < 1.29 is 14.0 Å². The molecule has 3 heterocycles. The number of fused-ring (bicyclic) bond motifs is 1. The minimum atomic E-state index is -0.353. The number of hydrogen-bond donors (Lipinski definition) is 1. The van der Waals surface area contributed by atoms with E-state index in [0.29, 0.717) is 32.8 Å². The van der Waals surface area contributed by atoms with Gasteiger partial charge in [0.1, 0.15) is 10.6 Å². The molecule has 0 spiro atoms. The lowest BCUT2D eigenvalue weighted by atomic mass is 10.1. The van der Waals surface area contributed by atoms with Crippen LogP contribution in [-0.4, -0.2) is 21.2 Å². The molecule has 0 radical (unpaired) electrons. The molecule has 0 saturated carbocycles. The highest BCUT2D eigenvalue weighted by atomic mass is 32.1. The Morgan fingerprint density at radius 2 is 1.93 bits per heavy atom. The Morgan fingerprint density at radius 3 is 2.67 bits per heavy atom. The summed E-state index contributed by atoms with van der Waals surface area (Å²) >= 11 is 2.61. The van der Waals surface area contributed by atoms with Crippen molar-refractivity contribution in [2.24, 2.45) is 0 Å². The first-order valence-electron chi connectivity index (χ1n) is 9.01. The summed E-state index contributed by atoms with van der Waals surface area (Å²) in [5.74, 6) is -0.709. The number of aromatic nitrogens is 2. The van der Waals surface area contributed by atoms with Gasteiger partial charge in [0.25, 0.3) is 5.56 Å². The Hall–Kier alpha value is -3.17. The van der Waals surface area contributed by atoms with Gasteiger partial charge < -0.3 is 5.32 Å². The van der Waals surface area contributed by atoms with Crippen LogP contribution >= 0.6 is 22.7 Å². The van der Waals surface area contributed by atoms with Crippen LogP contribution in [0.3, 0.4) is 0 Å². The van der Waals surface area contributed by atoms with Crippen LogP contribution in [0.4, 0.5) is 4.39 Å². The molecule has 152 valence electrons. The minimum absolute atomic E-state index is 0.138. The predicted molar refractivity (Wildman–Crippen MR) is 115 cm³/mol. The van der Waals surface area contributed by atoms with E-state index in [1.54, 1.807) is 24.3 Å². The molecule has 0 bridgehead atoms. The molecule has 1 amide bonds. The highest BCUT2D eigenvalue weighted by molar-refractivity contribution is 7.17. The van der Waals surface area contributed by atoms with Gasteiger partial charge in [-0.1, -0.05) is 12.1 Å². The molecule has 4 aromatic rings. The average molecular weight is 442 g/mol. The van der Waals surface area contributed by atoms with Crippen LogP contribution in [0.5, 0.6) is 0 Å². The molecular weight excluding hydrogens is 425 g/mol. The first kappa shape index (κ1) is 20.1. The second kappa shape index (κ2) is 8.29. The molecule has 0 aliphatic rings. The van der Waals surface area contributed by atoms with Crippen LogP contribution < -0.4 is 10.9 Å². The Kier molecular flexibility index (Phi) is 5.56. The van der Waals surface area contributed by atoms with E-state index in [1.165, 1.54) is 52.6 Å². The average Bonchev–Trinajstić information content (AvgIpc) is 3.37. The fourth-order valence-electron chi connectivity index (χ4n) is 2.99. The van der Waals surface area contributed by atoms with Crippen LogP contribution in [0.2, 0.25) is 0 Å². The van der Waals surface area contributed by atoms with Gasteiger partial charge in [-0.15, -0.1) is 22.7 Å². The number of thiophene rings is 2. The fraction of sp³-hybridized carbons (Fsp3) is 0.143. The number of benzene rings is 1. The number of hydrogen-bond acceptors (Lipinski definition) is 6. The highest BCUT2D eigenvalue weighted by Crippen LogP contribution is 2.30. The number of halogens is 1. The van der Waals surface area contributed by atoms with Crippen molar-refractivity contribution in [3.05, 3.63) is 74.0 Å². The van der Waals surface area contributed by atoms with Crippen molar-refractivity contribution in [2.45, 2.75) is 20.0 Å². The third-order valence-electron chi connectivity index (χ3n) is 4.48. The van der Waals surface area contributed by atoms with Crippen LogP contribution in [-0.2, 0) is 17.9 Å². The number of carbonyl (C=O) groups excluding carboxylic acids is 2. The molecule has 30 heavy (non-hydrogen) atoms. The molecule has 6 nitrogen and oxygen atoms in total. The number of rotatable bonds is 6. The molecule has 1 N–H and O–H groups in total. The molecule has 3 aromatic heterocycles. The SMILES string of the molecule is CC(=O)NCc1ccc(C(=O)Cn2cnc3scc(-c4ccc(F)cc4)c3c2=O)s1. The van der Waals surface area contributed by atoms with E-state index in [1.807, 2.05) is 5.38 Å². The maximum absolute atomic E-state index is 13.2. The van der Waals surface area contributed by atoms with Gasteiger partial charge in [0.2, 0.25) is 5.91 Å². The Balaban J connectivity index is 1.62. The number of carbonyl (C=O) groups is 2. The largest absolute Gasteiger partial charge is 0.351 e. The molecule has 0 fully saturated rings. The second-order valence-electron chi connectivity index (χ2n) is 6.61. The van der Waals surface area contributed by atoms with Gasteiger partial charge in [0.15, 0.2) is 5.78 Å². The topological polar surface area (TPSA) is 81.1 Å². The quantitative estimate of drug-likeness (QED) is 0.461. The standard InChI is InChI=1S/C21H16FN3O3S2/c1-12(26)23-8-15-6-7-18(30-15)17(27)9-25-11-24-20-19(21(25)28)16(10-29-20)13-2-4-14(22)5-3-13/h2-7,10-11H,8-9H2,1H3,(H,23,26). The molecular formula is C21H16FN3O3S2. The van der Waals surface area contributed by atoms with Crippen molar-refractivity contribution in [1.29, 1.82) is 0 Å². The van der Waals surface area contributed by atoms with Crippen molar-refractivity contribution in [2.75, 3.05) is 0 Å². The third kappa shape index (κ3) is 4.07. The van der Waals surface area contributed by atoms with Gasteiger partial charge in [-0.25, -0.2) is 9.37 Å². The normalized spacial score (nSPS) is 11.0. The summed E-state index contributed by atoms with van der Waals surface area (Å²) in [5.41, 5.74) is 1.07. The lowest BCUT2D eigenvalue weighted by Crippen LogP contribution is -2.24. The summed E-state index contributed by atoms with van der Waals surface area (Å²) in [7, 11) is 0. The monoisotopic (exact) mass is 441 g/mol. The fourth-order valence-corrected chi connectivity index (χ4v) is 4.77. The molecule has 0 atom stereocenters. The van der Waals surface area contributed by atoms with Gasteiger partial charge in [-0.3, -0.25) is 19.0 Å². The molecule has 9 heteroatoms. The molecule has 0 unspecified atom stereocenters. The van der Waals surface area contributed by atoms with E-state index in [4.69, 9.17) is 0 Å². The predicted octanol–water partition coefficient (Wildman–Crippen LogP) is 3.84. The lowest BCUT2D eigenvalue weighted by molar-refractivity contribution is -0.119. The number of nitrogens with one attached hydrogen (secondary N) is 1. The van der Waals surface area contributed by atoms with Crippen molar-refractivity contribution in [1.82, 2.24) is 14.9 Å². The van der Waals surface area contributed by atoms with E-state index in [9.17, 15) is 18.8 Å². The smallest absolute Gasteiger partial charge is 0.263 e. The summed E-state index contributed by atoms with van der Waals surface area (Å²) in [4.78, 5) is 43.0. The molecule has 4 rings (SSSR count). The lowest BCUT2D eigenvalue weighted by Gasteiger charge is -2.05. The zero-order chi connectivity index (χ0) is 21.3. The van der Waals surface area contributed by atoms with E-state index >= 15 is 0 Å². The summed E-state index contributed by atoms with van der Waals surface area (Å²) in [5, 5.41) is 4.92. The van der Waals surface area contributed by atoms with Gasteiger partial charge >= 0.3 is 0 Å². The molecule has 0 saturated heterocycles. The van der Waals surface area contributed by atoms with Crippen LogP contribution in [0.25, 0.3) is 21.3 Å². The Bertz CT molecular complexity index is 1310. The van der Waals surface area contributed by atoms with E-state index < -0.39 is 0 Å². The Labute approximate surface area is 178 Å². The van der Waals surface area contributed by atoms with Crippen LogP contribution in [0, 0.1) is 5.82 Å². The molecule has 1 aromatic carbocycles. The zero-order valence-corrected chi connectivity index (χ0v) is 17.5. The number of ketones is 1. The number of Topliss-reactive ketones (excluding diaryl/α,β-unsaturated/α-hetero) is 1. The summed E-state index contributed by atoms with van der Waals surface area (Å²) < 4.78 is 14.5.